The lowest BCUT2D eigenvalue weighted by Gasteiger charge is -2.21. The molecule has 0 radical (unpaired) electrons. The van der Waals surface area contributed by atoms with Gasteiger partial charge in [-0.2, -0.15) is 0 Å². The number of fused-ring (bicyclic) bond motifs is 3. The maximum absolute atomic E-state index is 12.6. The van der Waals surface area contributed by atoms with Gasteiger partial charge >= 0.3 is 0 Å². The quantitative estimate of drug-likeness (QED) is 0.747. The highest BCUT2D eigenvalue weighted by Gasteiger charge is 2.39. The summed E-state index contributed by atoms with van der Waals surface area (Å²) >= 11 is 0. The fraction of sp³-hybridized carbons (Fsp3) is 0.375. The van der Waals surface area contributed by atoms with Gasteiger partial charge in [0.05, 0.1) is 24.0 Å². The molecule has 0 spiro atoms. The zero-order chi connectivity index (χ0) is 16.1. The van der Waals surface area contributed by atoms with E-state index in [0.29, 0.717) is 23.4 Å². The average Bonchev–Trinajstić information content (AvgIpc) is 3.36. The Balaban J connectivity index is 1.44. The molecule has 2 fully saturated rings. The smallest absolute Gasteiger partial charge is 0.270 e. The van der Waals surface area contributed by atoms with Crippen molar-refractivity contribution in [3.63, 3.8) is 0 Å². The number of hydrogen-bond acceptors (Lipinski definition) is 6. The third-order valence-corrected chi connectivity index (χ3v) is 4.96. The van der Waals surface area contributed by atoms with Crippen LogP contribution in [-0.4, -0.2) is 44.0 Å². The van der Waals surface area contributed by atoms with Gasteiger partial charge in [-0.1, -0.05) is 5.21 Å². The van der Waals surface area contributed by atoms with E-state index in [9.17, 15) is 4.79 Å². The summed E-state index contributed by atoms with van der Waals surface area (Å²) in [6.07, 6.45) is 9.81. The minimum absolute atomic E-state index is 0.151. The third-order valence-electron chi connectivity index (χ3n) is 4.96. The summed E-state index contributed by atoms with van der Waals surface area (Å²) in [5.74, 6) is -0.151. The van der Waals surface area contributed by atoms with Crippen LogP contribution in [0.3, 0.4) is 0 Å². The number of hydrogen-bond donors (Lipinski definition) is 2. The van der Waals surface area contributed by atoms with Gasteiger partial charge in [-0.15, -0.1) is 5.10 Å². The molecule has 0 saturated carbocycles. The summed E-state index contributed by atoms with van der Waals surface area (Å²) in [5, 5.41) is 15.2. The Kier molecular flexibility index (Phi) is 2.93. The van der Waals surface area contributed by atoms with E-state index in [1.807, 2.05) is 0 Å². The Bertz CT molecular complexity index is 903. The Labute approximate surface area is 137 Å². The van der Waals surface area contributed by atoms with Crippen molar-refractivity contribution in [1.29, 1.82) is 0 Å². The number of amides is 1. The second-order valence-electron chi connectivity index (χ2n) is 6.40. The molecule has 8 nitrogen and oxygen atoms in total. The maximum Gasteiger partial charge on any atom is 0.270 e. The van der Waals surface area contributed by atoms with Crippen LogP contribution in [0.4, 0.5) is 0 Å². The molecule has 2 bridgehead atoms. The molecule has 2 saturated heterocycles. The summed E-state index contributed by atoms with van der Waals surface area (Å²) in [4.78, 5) is 16.8. The normalized spacial score (nSPS) is 25.4. The van der Waals surface area contributed by atoms with E-state index in [0.717, 1.165) is 23.9 Å². The van der Waals surface area contributed by atoms with Crippen LogP contribution in [-0.2, 0) is 0 Å². The Morgan fingerprint density at radius 3 is 3.12 bits per heavy atom. The summed E-state index contributed by atoms with van der Waals surface area (Å²) < 4.78 is 7.09. The van der Waals surface area contributed by atoms with Gasteiger partial charge in [-0.3, -0.25) is 4.79 Å². The van der Waals surface area contributed by atoms with Crippen molar-refractivity contribution >= 4 is 16.9 Å². The fourth-order valence-corrected chi connectivity index (χ4v) is 3.78. The molecule has 0 unspecified atom stereocenters. The zero-order valence-electron chi connectivity index (χ0n) is 12.8. The minimum atomic E-state index is -0.151. The van der Waals surface area contributed by atoms with Gasteiger partial charge in [-0.25, -0.2) is 9.67 Å². The fourth-order valence-electron chi connectivity index (χ4n) is 3.78. The van der Waals surface area contributed by atoms with Crippen LogP contribution in [0.25, 0.3) is 16.7 Å². The lowest BCUT2D eigenvalue weighted by atomic mass is 9.95. The van der Waals surface area contributed by atoms with Crippen LogP contribution >= 0.6 is 0 Å². The molecule has 0 aliphatic carbocycles. The van der Waals surface area contributed by atoms with Gasteiger partial charge in [-0.05, 0) is 25.3 Å². The molecule has 2 aliphatic heterocycles. The first-order chi connectivity index (χ1) is 11.8. The molecule has 3 aromatic rings. The predicted molar refractivity (Wildman–Crippen MR) is 84.7 cm³/mol. The average molecular weight is 324 g/mol. The molecule has 122 valence electrons. The molecule has 0 aromatic carbocycles. The number of carbonyl (C=O) groups is 1. The van der Waals surface area contributed by atoms with E-state index < -0.39 is 0 Å². The standard InChI is InChI=1S/C16H16N6O2/c23-16(20-12-5-9-1-2-11(12)19-9)13-6-10-14(22-4-3-18-21-22)8-24-15(10)7-17-13/h3-4,6-9,11-12,19H,1-2,5H2,(H,20,23)/t9-,11+,12-/m1/s1. The van der Waals surface area contributed by atoms with E-state index in [2.05, 4.69) is 25.9 Å². The van der Waals surface area contributed by atoms with Crippen LogP contribution in [0.2, 0.25) is 0 Å². The van der Waals surface area contributed by atoms with Crippen LogP contribution in [0.15, 0.2) is 35.3 Å². The largest absolute Gasteiger partial charge is 0.460 e. The minimum Gasteiger partial charge on any atom is -0.460 e. The summed E-state index contributed by atoms with van der Waals surface area (Å²) in [6, 6.07) is 2.87. The Hall–Kier alpha value is -2.74. The predicted octanol–water partition coefficient (Wildman–Crippen LogP) is 1.03. The molecular weight excluding hydrogens is 308 g/mol. The highest BCUT2D eigenvalue weighted by Crippen LogP contribution is 2.29. The van der Waals surface area contributed by atoms with E-state index in [1.165, 1.54) is 6.42 Å². The molecule has 5 heterocycles. The number of rotatable bonds is 3. The van der Waals surface area contributed by atoms with Crippen LogP contribution in [0, 0.1) is 0 Å². The first-order valence-corrected chi connectivity index (χ1v) is 8.09. The topological polar surface area (TPSA) is 97.9 Å². The van der Waals surface area contributed by atoms with Crippen LogP contribution in [0.1, 0.15) is 29.8 Å². The summed E-state index contributed by atoms with van der Waals surface area (Å²) in [5.41, 5.74) is 1.73. The lowest BCUT2D eigenvalue weighted by Crippen LogP contribution is -2.43. The van der Waals surface area contributed by atoms with E-state index in [1.54, 1.807) is 35.6 Å². The van der Waals surface area contributed by atoms with Gasteiger partial charge in [0.2, 0.25) is 0 Å². The van der Waals surface area contributed by atoms with Gasteiger partial charge in [0.25, 0.3) is 5.91 Å². The van der Waals surface area contributed by atoms with E-state index in [-0.39, 0.29) is 11.9 Å². The molecule has 5 rings (SSSR count). The van der Waals surface area contributed by atoms with Crippen molar-refractivity contribution in [3.05, 3.63) is 36.6 Å². The molecule has 3 aromatic heterocycles. The van der Waals surface area contributed by atoms with Crippen molar-refractivity contribution in [1.82, 2.24) is 30.6 Å². The SMILES string of the molecule is O=C(N[C@@H]1C[C@H]2CC[C@@H]1N2)c1cc2c(-n3ccnn3)coc2cn1. The number of carbonyl (C=O) groups excluding carboxylic acids is 1. The first kappa shape index (κ1) is 13.7. The van der Waals surface area contributed by atoms with Gasteiger partial charge < -0.3 is 15.1 Å². The van der Waals surface area contributed by atoms with Crippen molar-refractivity contribution in [2.45, 2.75) is 37.4 Å². The van der Waals surface area contributed by atoms with Gasteiger partial charge in [0.15, 0.2) is 5.58 Å². The number of aromatic nitrogens is 4. The summed E-state index contributed by atoms with van der Waals surface area (Å²) in [7, 11) is 0. The molecule has 2 N–H and O–H groups in total. The maximum atomic E-state index is 12.6. The number of furan rings is 1. The molecule has 2 aliphatic rings. The molecular formula is C16H16N6O2. The molecule has 8 heteroatoms. The Morgan fingerprint density at radius 1 is 1.42 bits per heavy atom. The van der Waals surface area contributed by atoms with E-state index in [4.69, 9.17) is 4.42 Å². The van der Waals surface area contributed by atoms with Crippen molar-refractivity contribution < 1.29 is 9.21 Å². The zero-order valence-corrected chi connectivity index (χ0v) is 12.8. The van der Waals surface area contributed by atoms with Gasteiger partial charge in [0.1, 0.15) is 17.6 Å². The number of nitrogens with one attached hydrogen (secondary N) is 2. The summed E-state index contributed by atoms with van der Waals surface area (Å²) in [6.45, 7) is 0. The molecule has 3 atom stereocenters. The first-order valence-electron chi connectivity index (χ1n) is 8.09. The van der Waals surface area contributed by atoms with Crippen LogP contribution in [0.5, 0.6) is 0 Å². The van der Waals surface area contributed by atoms with Crippen molar-refractivity contribution in [2.75, 3.05) is 0 Å². The molecule has 1 amide bonds. The number of nitrogens with zero attached hydrogens (tertiary/aromatic N) is 4. The second-order valence-corrected chi connectivity index (χ2v) is 6.40. The Morgan fingerprint density at radius 2 is 2.38 bits per heavy atom. The lowest BCUT2D eigenvalue weighted by molar-refractivity contribution is 0.0926. The highest BCUT2D eigenvalue weighted by atomic mass is 16.3. The second kappa shape index (κ2) is 5.13. The highest BCUT2D eigenvalue weighted by molar-refractivity contribution is 5.97. The third kappa shape index (κ3) is 2.10. The monoisotopic (exact) mass is 324 g/mol. The van der Waals surface area contributed by atoms with Crippen molar-refractivity contribution in [3.8, 4) is 5.69 Å². The number of pyridine rings is 1. The van der Waals surface area contributed by atoms with Gasteiger partial charge in [0, 0.05) is 18.1 Å². The van der Waals surface area contributed by atoms with Crippen LogP contribution < -0.4 is 10.6 Å². The molecule has 24 heavy (non-hydrogen) atoms. The van der Waals surface area contributed by atoms with E-state index >= 15 is 0 Å². The van der Waals surface area contributed by atoms with Crippen molar-refractivity contribution in [2.24, 2.45) is 0 Å².